The van der Waals surface area contributed by atoms with Crippen molar-refractivity contribution in [2.24, 2.45) is 0 Å². The van der Waals surface area contributed by atoms with Crippen LogP contribution >= 0.6 is 0 Å². The minimum Gasteiger partial charge on any atom is -0.458 e. The summed E-state index contributed by atoms with van der Waals surface area (Å²) in [7, 11) is 0. The molecule has 1 aromatic carbocycles. The van der Waals surface area contributed by atoms with Gasteiger partial charge in [-0.3, -0.25) is 4.94 Å². The van der Waals surface area contributed by atoms with E-state index in [1.165, 1.54) is 0 Å². The highest BCUT2D eigenvalue weighted by Gasteiger charge is 2.33. The Morgan fingerprint density at radius 2 is 2.04 bits per heavy atom. The van der Waals surface area contributed by atoms with Crippen molar-refractivity contribution in [3.05, 3.63) is 35.9 Å². The molecule has 1 saturated heterocycles. The van der Waals surface area contributed by atoms with E-state index in [0.29, 0.717) is 25.0 Å². The highest BCUT2D eigenvalue weighted by Crippen LogP contribution is 2.26. The number of carbonyl (C=O) groups is 2. The first kappa shape index (κ1) is 18.4. The van der Waals surface area contributed by atoms with Gasteiger partial charge in [-0.05, 0) is 38.8 Å². The highest BCUT2D eigenvalue weighted by molar-refractivity contribution is 5.89. The van der Waals surface area contributed by atoms with Crippen molar-refractivity contribution < 1.29 is 33.3 Å². The molecule has 0 N–H and O–H groups in total. The summed E-state index contributed by atoms with van der Waals surface area (Å²) in [5.41, 5.74) is 0.359. The Hall–Kier alpha value is -1.99. The minimum atomic E-state index is -1.08. The van der Waals surface area contributed by atoms with Crippen LogP contribution in [0.2, 0.25) is 0 Å². The molecule has 6 nitrogen and oxygen atoms in total. The normalized spacial score (nSPS) is 20.4. The van der Waals surface area contributed by atoms with Crippen LogP contribution in [0.5, 0.6) is 0 Å². The maximum absolute atomic E-state index is 12.1. The average Bonchev–Trinajstić information content (AvgIpc) is 2.92. The fourth-order valence-corrected chi connectivity index (χ4v) is 2.49. The number of carbonyl (C=O) groups excluding carboxylic acids is 2. The number of benzene rings is 1. The van der Waals surface area contributed by atoms with Crippen molar-refractivity contribution in [2.75, 3.05) is 6.61 Å². The van der Waals surface area contributed by atoms with E-state index in [2.05, 4.69) is 4.94 Å². The predicted molar refractivity (Wildman–Crippen MR) is 81.6 cm³/mol. The van der Waals surface area contributed by atoms with Crippen LogP contribution in [0.25, 0.3) is 0 Å². The summed E-state index contributed by atoms with van der Waals surface area (Å²) in [5.74, 6) is -2.31. The van der Waals surface area contributed by atoms with Gasteiger partial charge in [0.1, 0.15) is 6.10 Å². The van der Waals surface area contributed by atoms with Gasteiger partial charge in [0.05, 0.1) is 24.7 Å². The summed E-state index contributed by atoms with van der Waals surface area (Å²) in [6.07, 6.45) is -0.480. The second kappa shape index (κ2) is 8.21. The molecule has 0 amide bonds. The van der Waals surface area contributed by atoms with E-state index in [0.717, 1.165) is 0 Å². The molecule has 132 valence electrons. The first-order valence-electron chi connectivity index (χ1n) is 7.79. The van der Waals surface area contributed by atoms with Crippen LogP contribution < -0.4 is 0 Å². The zero-order chi connectivity index (χ0) is 17.6. The number of hydrogen-bond acceptors (Lipinski definition) is 6. The second-order valence-electron chi connectivity index (χ2n) is 6.07. The van der Waals surface area contributed by atoms with Crippen LogP contribution in [0.15, 0.2) is 30.3 Å². The summed E-state index contributed by atoms with van der Waals surface area (Å²) >= 11 is 0. The first-order chi connectivity index (χ1) is 11.4. The van der Waals surface area contributed by atoms with E-state index in [-0.39, 0.29) is 12.5 Å². The fourth-order valence-electron chi connectivity index (χ4n) is 2.49. The molecule has 1 aromatic rings. The van der Waals surface area contributed by atoms with E-state index in [9.17, 15) is 14.1 Å². The largest absolute Gasteiger partial charge is 0.458 e. The molecule has 0 aromatic heterocycles. The number of rotatable bonds is 7. The van der Waals surface area contributed by atoms with Gasteiger partial charge in [0.15, 0.2) is 5.79 Å². The highest BCUT2D eigenvalue weighted by atomic mass is 19.3. The first-order valence-corrected chi connectivity index (χ1v) is 7.79. The summed E-state index contributed by atoms with van der Waals surface area (Å²) in [6, 6.07) is 8.38. The third kappa shape index (κ3) is 5.58. The molecule has 0 spiro atoms. The van der Waals surface area contributed by atoms with Gasteiger partial charge in [0.2, 0.25) is 0 Å². The molecule has 7 heteroatoms. The lowest BCUT2D eigenvalue weighted by Gasteiger charge is -2.19. The molecule has 0 aliphatic carbocycles. The standard InChI is InChI=1S/C17H21FO6/c1-17(2)21-11-14(23-17)9-8-13(10-15(19)24-18)22-16(20)12-6-4-3-5-7-12/h3-7,13-14H,8-11H2,1-2H3. The molecule has 2 rings (SSSR count). The molecule has 2 atom stereocenters. The maximum atomic E-state index is 12.1. The lowest BCUT2D eigenvalue weighted by molar-refractivity contribution is -0.186. The van der Waals surface area contributed by atoms with Gasteiger partial charge in [0, 0.05) is 4.53 Å². The van der Waals surface area contributed by atoms with Crippen LogP contribution in [-0.4, -0.2) is 36.5 Å². The molecule has 1 aliphatic rings. The Morgan fingerprint density at radius 3 is 2.62 bits per heavy atom. The molecular weight excluding hydrogens is 319 g/mol. The summed E-state index contributed by atoms with van der Waals surface area (Å²) < 4.78 is 28.5. The Bertz CT molecular complexity index is 559. The van der Waals surface area contributed by atoms with Crippen molar-refractivity contribution in [3.63, 3.8) is 0 Å². The maximum Gasteiger partial charge on any atom is 0.352 e. The number of hydrogen-bond donors (Lipinski definition) is 0. The van der Waals surface area contributed by atoms with Gasteiger partial charge in [0.25, 0.3) is 0 Å². The topological polar surface area (TPSA) is 71.1 Å². The molecule has 1 heterocycles. The summed E-state index contributed by atoms with van der Waals surface area (Å²) in [4.78, 5) is 26.5. The van der Waals surface area contributed by atoms with Crippen LogP contribution in [-0.2, 0) is 23.9 Å². The zero-order valence-electron chi connectivity index (χ0n) is 13.7. The SMILES string of the molecule is CC1(C)OCC(CCC(CC(=O)OF)OC(=O)c2ccccc2)O1. The average molecular weight is 340 g/mol. The van der Waals surface area contributed by atoms with Crippen LogP contribution in [0.1, 0.15) is 43.5 Å². The van der Waals surface area contributed by atoms with E-state index in [1.54, 1.807) is 44.2 Å². The molecule has 24 heavy (non-hydrogen) atoms. The van der Waals surface area contributed by atoms with Crippen LogP contribution in [0.4, 0.5) is 4.53 Å². The number of ether oxygens (including phenoxy) is 3. The number of halogens is 1. The Morgan fingerprint density at radius 1 is 1.33 bits per heavy atom. The quantitative estimate of drug-likeness (QED) is 0.711. The second-order valence-corrected chi connectivity index (χ2v) is 6.07. The van der Waals surface area contributed by atoms with E-state index < -0.39 is 23.8 Å². The Kier molecular flexibility index (Phi) is 6.28. The van der Waals surface area contributed by atoms with Crippen LogP contribution in [0, 0.1) is 0 Å². The zero-order valence-corrected chi connectivity index (χ0v) is 13.7. The van der Waals surface area contributed by atoms with Crippen molar-refractivity contribution in [1.29, 1.82) is 0 Å². The smallest absolute Gasteiger partial charge is 0.352 e. The predicted octanol–water partition coefficient (Wildman–Crippen LogP) is 2.96. The molecule has 1 fully saturated rings. The Balaban J connectivity index is 1.92. The molecular formula is C17H21FO6. The fraction of sp³-hybridized carbons (Fsp3) is 0.529. The van der Waals surface area contributed by atoms with E-state index in [4.69, 9.17) is 14.2 Å². The third-order valence-corrected chi connectivity index (χ3v) is 3.64. The van der Waals surface area contributed by atoms with Gasteiger partial charge in [-0.15, -0.1) is 0 Å². The van der Waals surface area contributed by atoms with Gasteiger partial charge in [-0.25, -0.2) is 9.59 Å². The Labute approximate surface area is 139 Å². The van der Waals surface area contributed by atoms with E-state index >= 15 is 0 Å². The third-order valence-electron chi connectivity index (χ3n) is 3.64. The molecule has 1 aliphatic heterocycles. The van der Waals surface area contributed by atoms with Crippen molar-refractivity contribution in [2.45, 2.75) is 51.1 Å². The molecule has 0 bridgehead atoms. The van der Waals surface area contributed by atoms with Crippen molar-refractivity contribution in [1.82, 2.24) is 0 Å². The lowest BCUT2D eigenvalue weighted by atomic mass is 10.1. The van der Waals surface area contributed by atoms with Gasteiger partial charge < -0.3 is 14.2 Å². The van der Waals surface area contributed by atoms with Gasteiger partial charge in [-0.1, -0.05) is 18.2 Å². The lowest BCUT2D eigenvalue weighted by Crippen LogP contribution is -2.25. The number of esters is 1. The van der Waals surface area contributed by atoms with Gasteiger partial charge in [-0.2, -0.15) is 0 Å². The van der Waals surface area contributed by atoms with E-state index in [1.807, 2.05) is 0 Å². The summed E-state index contributed by atoms with van der Waals surface area (Å²) in [6.45, 7) is 4.03. The van der Waals surface area contributed by atoms with Crippen molar-refractivity contribution in [3.8, 4) is 0 Å². The summed E-state index contributed by atoms with van der Waals surface area (Å²) in [5, 5.41) is 0. The molecule has 2 unspecified atom stereocenters. The molecule has 0 saturated carbocycles. The monoisotopic (exact) mass is 340 g/mol. The van der Waals surface area contributed by atoms with Gasteiger partial charge >= 0.3 is 11.9 Å². The van der Waals surface area contributed by atoms with Crippen molar-refractivity contribution >= 4 is 11.9 Å². The van der Waals surface area contributed by atoms with Crippen LogP contribution in [0.3, 0.4) is 0 Å². The molecule has 0 radical (unpaired) electrons. The minimum absolute atomic E-state index is 0.167.